The second-order valence-corrected chi connectivity index (χ2v) is 6.82. The van der Waals surface area contributed by atoms with Crippen LogP contribution in [-0.4, -0.2) is 5.11 Å². The molecule has 94 valence electrons. The van der Waals surface area contributed by atoms with Crippen molar-refractivity contribution < 1.29 is 5.11 Å². The Morgan fingerprint density at radius 1 is 1.06 bits per heavy atom. The highest BCUT2D eigenvalue weighted by molar-refractivity contribution is 7.12. The Balaban J connectivity index is 1.73. The van der Waals surface area contributed by atoms with Crippen LogP contribution in [0.5, 0.6) is 0 Å². The van der Waals surface area contributed by atoms with Gasteiger partial charge in [0.15, 0.2) is 0 Å². The van der Waals surface area contributed by atoms with Crippen LogP contribution in [0, 0.1) is 5.92 Å². The molecular weight excluding hydrogens is 228 g/mol. The molecule has 2 aliphatic carbocycles. The lowest BCUT2D eigenvalue weighted by atomic mass is 9.93. The third-order valence-electron chi connectivity index (χ3n) is 4.40. The van der Waals surface area contributed by atoms with E-state index < -0.39 is 0 Å². The summed E-state index contributed by atoms with van der Waals surface area (Å²) in [6.07, 6.45) is 11.4. The van der Waals surface area contributed by atoms with E-state index in [0.29, 0.717) is 5.92 Å². The Kier molecular flexibility index (Phi) is 3.53. The van der Waals surface area contributed by atoms with Gasteiger partial charge in [-0.3, -0.25) is 0 Å². The minimum absolute atomic E-state index is 0.177. The van der Waals surface area contributed by atoms with Gasteiger partial charge in [-0.2, -0.15) is 0 Å². The van der Waals surface area contributed by atoms with Crippen molar-refractivity contribution in [2.24, 2.45) is 5.92 Å². The summed E-state index contributed by atoms with van der Waals surface area (Å²) in [6, 6.07) is 2.29. The van der Waals surface area contributed by atoms with Gasteiger partial charge >= 0.3 is 0 Å². The zero-order valence-electron chi connectivity index (χ0n) is 10.5. The molecule has 1 aromatic rings. The normalized spacial score (nSPS) is 23.4. The van der Waals surface area contributed by atoms with Crippen molar-refractivity contribution in [1.82, 2.24) is 0 Å². The van der Waals surface area contributed by atoms with Crippen LogP contribution in [0.2, 0.25) is 0 Å². The molecule has 17 heavy (non-hydrogen) atoms. The SMILES string of the molecule is OC(c1cc2c(s1)CCC2)C1CCCCCC1. The van der Waals surface area contributed by atoms with Crippen molar-refractivity contribution in [2.45, 2.75) is 63.9 Å². The molecule has 0 amide bonds. The molecule has 0 aromatic carbocycles. The second kappa shape index (κ2) is 5.11. The predicted molar refractivity (Wildman–Crippen MR) is 72.5 cm³/mol. The minimum Gasteiger partial charge on any atom is -0.387 e. The molecule has 3 rings (SSSR count). The van der Waals surface area contributed by atoms with Gasteiger partial charge in [-0.05, 0) is 49.7 Å². The molecule has 0 aliphatic heterocycles. The first-order chi connectivity index (χ1) is 8.34. The summed E-state index contributed by atoms with van der Waals surface area (Å²) in [5.41, 5.74) is 1.53. The summed E-state index contributed by atoms with van der Waals surface area (Å²) < 4.78 is 0. The van der Waals surface area contributed by atoms with Crippen LogP contribution in [0.3, 0.4) is 0 Å². The van der Waals surface area contributed by atoms with Gasteiger partial charge in [-0.25, -0.2) is 0 Å². The van der Waals surface area contributed by atoms with Crippen molar-refractivity contribution >= 4 is 11.3 Å². The van der Waals surface area contributed by atoms with Gasteiger partial charge in [0.05, 0.1) is 6.10 Å². The van der Waals surface area contributed by atoms with Gasteiger partial charge in [0.1, 0.15) is 0 Å². The van der Waals surface area contributed by atoms with Crippen LogP contribution in [-0.2, 0) is 12.8 Å². The van der Waals surface area contributed by atoms with Gasteiger partial charge in [-0.15, -0.1) is 11.3 Å². The van der Waals surface area contributed by atoms with E-state index >= 15 is 0 Å². The Morgan fingerprint density at radius 3 is 2.53 bits per heavy atom. The first-order valence-corrected chi connectivity index (χ1v) is 7.96. The van der Waals surface area contributed by atoms with Gasteiger partial charge in [0.25, 0.3) is 0 Å². The summed E-state index contributed by atoms with van der Waals surface area (Å²) in [4.78, 5) is 2.80. The third kappa shape index (κ3) is 2.43. The number of aryl methyl sites for hydroxylation is 2. The number of hydrogen-bond donors (Lipinski definition) is 1. The van der Waals surface area contributed by atoms with Crippen LogP contribution in [0.25, 0.3) is 0 Å². The second-order valence-electron chi connectivity index (χ2n) is 5.65. The Bertz CT molecular complexity index is 353. The highest BCUT2D eigenvalue weighted by Crippen LogP contribution is 2.39. The van der Waals surface area contributed by atoms with E-state index in [0.717, 1.165) is 0 Å². The molecule has 1 saturated carbocycles. The molecule has 1 N–H and O–H groups in total. The van der Waals surface area contributed by atoms with Gasteiger partial charge in [0, 0.05) is 9.75 Å². The molecule has 0 saturated heterocycles. The topological polar surface area (TPSA) is 20.2 Å². The quantitative estimate of drug-likeness (QED) is 0.778. The maximum Gasteiger partial charge on any atom is 0.0910 e. The van der Waals surface area contributed by atoms with E-state index in [2.05, 4.69) is 6.07 Å². The molecule has 0 bridgehead atoms. The van der Waals surface area contributed by atoms with Crippen molar-refractivity contribution in [2.75, 3.05) is 0 Å². The van der Waals surface area contributed by atoms with Crippen LogP contribution < -0.4 is 0 Å². The zero-order valence-corrected chi connectivity index (χ0v) is 11.3. The Hall–Kier alpha value is -0.340. The highest BCUT2D eigenvalue weighted by Gasteiger charge is 2.25. The number of hydrogen-bond acceptors (Lipinski definition) is 2. The molecule has 2 aliphatic rings. The molecule has 0 spiro atoms. The molecule has 1 unspecified atom stereocenters. The number of aliphatic hydroxyl groups excluding tert-OH is 1. The van der Waals surface area contributed by atoms with Crippen LogP contribution >= 0.6 is 11.3 Å². The molecule has 0 radical (unpaired) electrons. The van der Waals surface area contributed by atoms with Crippen LogP contribution in [0.4, 0.5) is 0 Å². The van der Waals surface area contributed by atoms with Crippen molar-refractivity contribution in [3.63, 3.8) is 0 Å². The lowest BCUT2D eigenvalue weighted by Gasteiger charge is -2.20. The number of rotatable bonds is 2. The zero-order chi connectivity index (χ0) is 11.7. The number of fused-ring (bicyclic) bond motifs is 1. The Labute approximate surface area is 108 Å². The Morgan fingerprint density at radius 2 is 1.82 bits per heavy atom. The van der Waals surface area contributed by atoms with E-state index in [4.69, 9.17) is 0 Å². The fraction of sp³-hybridized carbons (Fsp3) is 0.733. The highest BCUT2D eigenvalue weighted by atomic mass is 32.1. The first-order valence-electron chi connectivity index (χ1n) is 7.14. The largest absolute Gasteiger partial charge is 0.387 e. The fourth-order valence-corrected chi connectivity index (χ4v) is 4.69. The molecule has 1 nitrogen and oxygen atoms in total. The van der Waals surface area contributed by atoms with Gasteiger partial charge in [0.2, 0.25) is 0 Å². The van der Waals surface area contributed by atoms with Crippen LogP contribution in [0.15, 0.2) is 6.07 Å². The van der Waals surface area contributed by atoms with Gasteiger partial charge in [-0.1, -0.05) is 25.7 Å². The summed E-state index contributed by atoms with van der Waals surface area (Å²) in [5.74, 6) is 0.524. The number of aliphatic hydroxyl groups is 1. The summed E-state index contributed by atoms with van der Waals surface area (Å²) in [7, 11) is 0. The third-order valence-corrected chi connectivity index (χ3v) is 5.71. The predicted octanol–water partition coefficient (Wildman–Crippen LogP) is 4.24. The standard InChI is InChI=1S/C15H22OS/c16-15(11-6-3-1-2-4-7-11)14-10-12-8-5-9-13(12)17-14/h10-11,15-16H,1-9H2. The summed E-state index contributed by atoms with van der Waals surface area (Å²) in [5, 5.41) is 10.5. The first kappa shape index (κ1) is 11.7. The van der Waals surface area contributed by atoms with Crippen molar-refractivity contribution in [3.8, 4) is 0 Å². The van der Waals surface area contributed by atoms with Crippen molar-refractivity contribution in [3.05, 3.63) is 21.4 Å². The number of thiophene rings is 1. The molecule has 1 heterocycles. The molecular formula is C15H22OS. The molecule has 1 fully saturated rings. The average Bonchev–Trinajstić information content (AvgIpc) is 2.80. The summed E-state index contributed by atoms with van der Waals surface area (Å²) in [6.45, 7) is 0. The summed E-state index contributed by atoms with van der Waals surface area (Å²) >= 11 is 1.88. The molecule has 1 aromatic heterocycles. The molecule has 1 atom stereocenters. The maximum atomic E-state index is 10.5. The fourth-order valence-electron chi connectivity index (χ4n) is 3.36. The van der Waals surface area contributed by atoms with E-state index in [-0.39, 0.29) is 6.10 Å². The van der Waals surface area contributed by atoms with E-state index in [1.54, 1.807) is 4.88 Å². The van der Waals surface area contributed by atoms with Crippen LogP contribution in [0.1, 0.15) is 66.4 Å². The van der Waals surface area contributed by atoms with E-state index in [1.165, 1.54) is 68.2 Å². The van der Waals surface area contributed by atoms with Gasteiger partial charge < -0.3 is 5.11 Å². The average molecular weight is 250 g/mol. The lowest BCUT2D eigenvalue weighted by Crippen LogP contribution is -2.10. The van der Waals surface area contributed by atoms with E-state index in [1.807, 2.05) is 11.3 Å². The lowest BCUT2D eigenvalue weighted by molar-refractivity contribution is 0.102. The van der Waals surface area contributed by atoms with E-state index in [9.17, 15) is 5.11 Å². The minimum atomic E-state index is -0.177. The maximum absolute atomic E-state index is 10.5. The van der Waals surface area contributed by atoms with Crippen molar-refractivity contribution in [1.29, 1.82) is 0 Å². The molecule has 2 heteroatoms. The smallest absolute Gasteiger partial charge is 0.0910 e. The monoisotopic (exact) mass is 250 g/mol.